The van der Waals surface area contributed by atoms with E-state index in [4.69, 9.17) is 11.6 Å². The number of hydrogen-bond donors (Lipinski definition) is 1. The highest BCUT2D eigenvalue weighted by Crippen LogP contribution is 2.22. The number of nitrogens with one attached hydrogen (secondary N) is 1. The highest BCUT2D eigenvalue weighted by Gasteiger charge is 2.05. The van der Waals surface area contributed by atoms with Crippen molar-refractivity contribution in [2.45, 2.75) is 13.1 Å². The zero-order valence-electron chi connectivity index (χ0n) is 11.0. The molecule has 0 aliphatic rings. The van der Waals surface area contributed by atoms with Gasteiger partial charge in [-0.1, -0.05) is 29.8 Å². The van der Waals surface area contributed by atoms with E-state index in [9.17, 15) is 0 Å². The van der Waals surface area contributed by atoms with Crippen LogP contribution in [0.3, 0.4) is 0 Å². The van der Waals surface area contributed by atoms with E-state index in [0.717, 1.165) is 31.6 Å². The van der Waals surface area contributed by atoms with Gasteiger partial charge in [0.15, 0.2) is 5.13 Å². The van der Waals surface area contributed by atoms with E-state index in [1.165, 1.54) is 0 Å². The van der Waals surface area contributed by atoms with Crippen LogP contribution in [0.4, 0.5) is 5.13 Å². The van der Waals surface area contributed by atoms with Crippen LogP contribution in [-0.2, 0) is 13.1 Å². The topological polar surface area (TPSA) is 42.7 Å². The van der Waals surface area contributed by atoms with Gasteiger partial charge in [0.2, 0.25) is 0 Å². The lowest BCUT2D eigenvalue weighted by Crippen LogP contribution is -1.99. The number of benzene rings is 1. The minimum Gasteiger partial charge on any atom is -0.357 e. The van der Waals surface area contributed by atoms with Crippen LogP contribution in [0.5, 0.6) is 0 Å². The molecular weight excluding hydrogens is 372 g/mol. The molecule has 1 N–H and O–H groups in total. The third-order valence-electron chi connectivity index (χ3n) is 2.86. The quantitative estimate of drug-likeness (QED) is 0.709. The molecule has 2 heterocycles. The molecule has 4 nitrogen and oxygen atoms in total. The number of anilines is 1. The first-order valence-electron chi connectivity index (χ1n) is 6.30. The van der Waals surface area contributed by atoms with Gasteiger partial charge in [-0.2, -0.15) is 5.10 Å². The van der Waals surface area contributed by atoms with Crippen molar-refractivity contribution < 1.29 is 0 Å². The minimum atomic E-state index is 0.667. The van der Waals surface area contributed by atoms with E-state index < -0.39 is 0 Å². The van der Waals surface area contributed by atoms with Crippen molar-refractivity contribution in [2.75, 3.05) is 5.32 Å². The molecule has 0 radical (unpaired) electrons. The third kappa shape index (κ3) is 3.84. The third-order valence-corrected chi connectivity index (χ3v) is 4.58. The summed E-state index contributed by atoms with van der Waals surface area (Å²) in [6, 6.07) is 7.80. The molecule has 3 aromatic rings. The Morgan fingerprint density at radius 2 is 2.14 bits per heavy atom. The molecule has 3 rings (SSSR count). The second kappa shape index (κ2) is 6.60. The van der Waals surface area contributed by atoms with Crippen LogP contribution in [0.25, 0.3) is 0 Å². The molecule has 0 atom stereocenters. The van der Waals surface area contributed by atoms with Gasteiger partial charge in [0.1, 0.15) is 0 Å². The number of thiazole rings is 1. The first-order valence-corrected chi connectivity index (χ1v) is 8.29. The second-order valence-electron chi connectivity index (χ2n) is 4.43. The number of nitrogens with zero attached hydrogens (tertiary/aromatic N) is 3. The summed E-state index contributed by atoms with van der Waals surface area (Å²) in [5.74, 6) is 0. The predicted molar refractivity (Wildman–Crippen MR) is 89.9 cm³/mol. The first kappa shape index (κ1) is 14.6. The fourth-order valence-electron chi connectivity index (χ4n) is 1.86. The first-order chi connectivity index (χ1) is 10.2. The summed E-state index contributed by atoms with van der Waals surface area (Å²) < 4.78 is 2.85. The summed E-state index contributed by atoms with van der Waals surface area (Å²) in [5.41, 5.74) is 1.06. The van der Waals surface area contributed by atoms with Gasteiger partial charge in [-0.15, -0.1) is 11.3 Å². The SMILES string of the molecule is Clc1ccccc1CNc1ncc(Cn2cc(Br)cn2)s1. The molecule has 21 heavy (non-hydrogen) atoms. The van der Waals surface area contributed by atoms with Gasteiger partial charge in [-0.05, 0) is 27.6 Å². The van der Waals surface area contributed by atoms with Crippen LogP contribution in [0.1, 0.15) is 10.4 Å². The lowest BCUT2D eigenvalue weighted by Gasteiger charge is -2.04. The molecule has 0 saturated carbocycles. The number of halogens is 2. The van der Waals surface area contributed by atoms with E-state index >= 15 is 0 Å². The van der Waals surface area contributed by atoms with Gasteiger partial charge >= 0.3 is 0 Å². The van der Waals surface area contributed by atoms with E-state index in [-0.39, 0.29) is 0 Å². The zero-order chi connectivity index (χ0) is 14.7. The van der Waals surface area contributed by atoms with Crippen molar-refractivity contribution in [1.29, 1.82) is 0 Å². The van der Waals surface area contributed by atoms with E-state index in [2.05, 4.69) is 31.3 Å². The highest BCUT2D eigenvalue weighted by atomic mass is 79.9. The monoisotopic (exact) mass is 382 g/mol. The summed E-state index contributed by atoms with van der Waals surface area (Å²) >= 11 is 11.1. The van der Waals surface area contributed by atoms with Gasteiger partial charge in [-0.25, -0.2) is 4.98 Å². The molecule has 0 unspecified atom stereocenters. The standard InChI is InChI=1S/C14H12BrClN4S/c15-11-6-19-20(8-11)9-12-7-18-14(21-12)17-5-10-3-1-2-4-13(10)16/h1-4,6-8H,5,9H2,(H,17,18). The molecule has 0 fully saturated rings. The van der Waals surface area contributed by atoms with Crippen LogP contribution in [0.15, 0.2) is 47.3 Å². The van der Waals surface area contributed by atoms with Crippen molar-refractivity contribution in [1.82, 2.24) is 14.8 Å². The average Bonchev–Trinajstić information content (AvgIpc) is 3.08. The lowest BCUT2D eigenvalue weighted by atomic mass is 10.2. The number of rotatable bonds is 5. The Kier molecular flexibility index (Phi) is 4.57. The molecule has 7 heteroatoms. The van der Waals surface area contributed by atoms with Crippen molar-refractivity contribution in [3.63, 3.8) is 0 Å². The molecule has 0 aliphatic carbocycles. The van der Waals surface area contributed by atoms with Crippen LogP contribution < -0.4 is 5.32 Å². The van der Waals surface area contributed by atoms with Crippen LogP contribution in [0, 0.1) is 0 Å². The van der Waals surface area contributed by atoms with Gasteiger partial charge in [0.25, 0.3) is 0 Å². The fraction of sp³-hybridized carbons (Fsp3) is 0.143. The van der Waals surface area contributed by atoms with Crippen LogP contribution in [-0.4, -0.2) is 14.8 Å². The Bertz CT molecular complexity index is 740. The molecule has 2 aromatic heterocycles. The van der Waals surface area contributed by atoms with Crippen molar-refractivity contribution >= 4 is 44.0 Å². The van der Waals surface area contributed by atoms with E-state index in [1.807, 2.05) is 41.3 Å². The Hall–Kier alpha value is -1.37. The summed E-state index contributed by atoms with van der Waals surface area (Å²) in [6.45, 7) is 1.39. The molecule has 0 bridgehead atoms. The molecular formula is C14H12BrClN4S. The maximum atomic E-state index is 6.13. The highest BCUT2D eigenvalue weighted by molar-refractivity contribution is 9.10. The maximum absolute atomic E-state index is 6.13. The number of hydrogen-bond acceptors (Lipinski definition) is 4. The Morgan fingerprint density at radius 1 is 1.29 bits per heavy atom. The van der Waals surface area contributed by atoms with Crippen LogP contribution >= 0.6 is 38.9 Å². The average molecular weight is 384 g/mol. The van der Waals surface area contributed by atoms with E-state index in [1.54, 1.807) is 17.5 Å². The zero-order valence-corrected chi connectivity index (χ0v) is 14.1. The molecule has 108 valence electrons. The predicted octanol–water partition coefficient (Wildman–Crippen LogP) is 4.42. The van der Waals surface area contributed by atoms with Gasteiger partial charge in [-0.3, -0.25) is 4.68 Å². The second-order valence-corrected chi connectivity index (χ2v) is 6.87. The molecule has 0 spiro atoms. The molecule has 0 saturated heterocycles. The summed E-state index contributed by atoms with van der Waals surface area (Å²) in [6.07, 6.45) is 5.59. The largest absolute Gasteiger partial charge is 0.357 e. The molecule has 0 aliphatic heterocycles. The smallest absolute Gasteiger partial charge is 0.183 e. The van der Waals surface area contributed by atoms with Gasteiger partial charge in [0.05, 0.1) is 17.2 Å². The summed E-state index contributed by atoms with van der Waals surface area (Å²) in [5, 5.41) is 9.19. The van der Waals surface area contributed by atoms with Gasteiger partial charge in [0, 0.05) is 28.8 Å². The number of aromatic nitrogens is 3. The maximum Gasteiger partial charge on any atom is 0.183 e. The van der Waals surface area contributed by atoms with Crippen molar-refractivity contribution in [3.8, 4) is 0 Å². The molecule has 1 aromatic carbocycles. The Labute approximate surface area is 139 Å². The lowest BCUT2D eigenvalue weighted by molar-refractivity contribution is 0.693. The van der Waals surface area contributed by atoms with Crippen molar-refractivity contribution in [2.24, 2.45) is 0 Å². The van der Waals surface area contributed by atoms with Crippen molar-refractivity contribution in [3.05, 3.63) is 62.8 Å². The van der Waals surface area contributed by atoms with E-state index in [0.29, 0.717) is 6.54 Å². The fourth-order valence-corrected chi connectivity index (χ4v) is 3.19. The normalized spacial score (nSPS) is 10.8. The minimum absolute atomic E-state index is 0.667. The van der Waals surface area contributed by atoms with Crippen LogP contribution in [0.2, 0.25) is 5.02 Å². The Balaban J connectivity index is 1.61. The summed E-state index contributed by atoms with van der Waals surface area (Å²) in [7, 11) is 0. The molecule has 0 amide bonds. The van der Waals surface area contributed by atoms with Gasteiger partial charge < -0.3 is 5.32 Å². The Morgan fingerprint density at radius 3 is 2.90 bits per heavy atom. The summed E-state index contributed by atoms with van der Waals surface area (Å²) in [4.78, 5) is 5.52.